The fourth-order valence-corrected chi connectivity index (χ4v) is 2.64. The number of ether oxygens (including phenoxy) is 1. The molecule has 1 aromatic rings. The molecular formula is C17H30N4O2. The highest BCUT2D eigenvalue weighted by Gasteiger charge is 2.25. The van der Waals surface area contributed by atoms with Crippen LogP contribution >= 0.6 is 0 Å². The standard InChI is InChI=1S/C17H30N4O2/c1-13(2)6-7-19-17(18)20-12-15(16-5-4-14(3)23-16)21-8-10-22-11-9-21/h4-5,13,15H,6-12H2,1-3H3,(H3,18,19,20). The Morgan fingerprint density at radius 3 is 2.70 bits per heavy atom. The maximum atomic E-state index is 5.99. The second-order valence-corrected chi connectivity index (χ2v) is 6.45. The fourth-order valence-electron chi connectivity index (χ4n) is 2.64. The van der Waals surface area contributed by atoms with Crippen LogP contribution in [0.25, 0.3) is 0 Å². The van der Waals surface area contributed by atoms with Crippen molar-refractivity contribution in [3.8, 4) is 0 Å². The van der Waals surface area contributed by atoms with Crippen molar-refractivity contribution in [3.05, 3.63) is 23.7 Å². The van der Waals surface area contributed by atoms with Gasteiger partial charge in [0.25, 0.3) is 0 Å². The summed E-state index contributed by atoms with van der Waals surface area (Å²) in [5.41, 5.74) is 5.99. The Morgan fingerprint density at radius 2 is 2.09 bits per heavy atom. The van der Waals surface area contributed by atoms with Gasteiger partial charge in [0.05, 0.1) is 25.8 Å². The Kier molecular flexibility index (Phi) is 6.92. The molecule has 0 bridgehead atoms. The van der Waals surface area contributed by atoms with E-state index in [1.807, 2.05) is 19.1 Å². The molecule has 1 aliphatic heterocycles. The van der Waals surface area contributed by atoms with Crippen LogP contribution in [-0.2, 0) is 4.74 Å². The van der Waals surface area contributed by atoms with Gasteiger partial charge in [0.1, 0.15) is 11.5 Å². The lowest BCUT2D eigenvalue weighted by Gasteiger charge is -2.32. The van der Waals surface area contributed by atoms with Crippen molar-refractivity contribution in [2.45, 2.75) is 33.2 Å². The number of nitrogens with two attached hydrogens (primary N) is 1. The summed E-state index contributed by atoms with van der Waals surface area (Å²) in [6.45, 7) is 11.1. The van der Waals surface area contributed by atoms with E-state index in [1.165, 1.54) is 0 Å². The molecule has 130 valence electrons. The number of guanidine groups is 1. The molecule has 0 saturated carbocycles. The van der Waals surface area contributed by atoms with Crippen LogP contribution in [0.2, 0.25) is 0 Å². The topological polar surface area (TPSA) is 76.0 Å². The molecule has 6 heteroatoms. The number of nitrogens with zero attached hydrogens (tertiary/aromatic N) is 2. The smallest absolute Gasteiger partial charge is 0.188 e. The van der Waals surface area contributed by atoms with E-state index in [9.17, 15) is 0 Å². The summed E-state index contributed by atoms with van der Waals surface area (Å²) >= 11 is 0. The lowest BCUT2D eigenvalue weighted by molar-refractivity contribution is 0.0135. The number of nitrogens with one attached hydrogen (secondary N) is 1. The summed E-state index contributed by atoms with van der Waals surface area (Å²) in [5.74, 6) is 3.03. The molecule has 1 aliphatic rings. The predicted octanol–water partition coefficient (Wildman–Crippen LogP) is 1.91. The normalized spacial score (nSPS) is 18.3. The monoisotopic (exact) mass is 322 g/mol. The minimum Gasteiger partial charge on any atom is -0.465 e. The largest absolute Gasteiger partial charge is 0.465 e. The van der Waals surface area contributed by atoms with Crippen molar-refractivity contribution in [1.82, 2.24) is 10.2 Å². The molecule has 1 fully saturated rings. The van der Waals surface area contributed by atoms with Crippen molar-refractivity contribution >= 4 is 5.96 Å². The summed E-state index contributed by atoms with van der Waals surface area (Å²) in [7, 11) is 0. The Balaban J connectivity index is 1.96. The summed E-state index contributed by atoms with van der Waals surface area (Å²) in [5, 5.41) is 3.18. The van der Waals surface area contributed by atoms with Crippen molar-refractivity contribution in [2.75, 3.05) is 39.4 Å². The first-order valence-electron chi connectivity index (χ1n) is 8.48. The summed E-state index contributed by atoms with van der Waals surface area (Å²) < 4.78 is 11.3. The van der Waals surface area contributed by atoms with E-state index in [0.717, 1.165) is 50.8 Å². The Morgan fingerprint density at radius 1 is 1.35 bits per heavy atom. The molecule has 3 N–H and O–H groups in total. The van der Waals surface area contributed by atoms with Crippen LogP contribution in [0.5, 0.6) is 0 Å². The van der Waals surface area contributed by atoms with Crippen molar-refractivity contribution in [2.24, 2.45) is 16.6 Å². The van der Waals surface area contributed by atoms with Gasteiger partial charge in [-0.25, -0.2) is 0 Å². The third-order valence-corrected chi connectivity index (χ3v) is 4.04. The average molecular weight is 322 g/mol. The molecule has 1 unspecified atom stereocenters. The van der Waals surface area contributed by atoms with E-state index in [0.29, 0.717) is 18.4 Å². The van der Waals surface area contributed by atoms with E-state index in [4.69, 9.17) is 14.9 Å². The third-order valence-electron chi connectivity index (χ3n) is 4.04. The van der Waals surface area contributed by atoms with Gasteiger partial charge in [0.15, 0.2) is 5.96 Å². The molecule has 0 amide bonds. The van der Waals surface area contributed by atoms with E-state index in [-0.39, 0.29) is 6.04 Å². The average Bonchev–Trinajstić information content (AvgIpc) is 2.94. The zero-order chi connectivity index (χ0) is 16.7. The lowest BCUT2D eigenvalue weighted by Crippen LogP contribution is -2.41. The minimum atomic E-state index is 0.109. The van der Waals surface area contributed by atoms with Crippen molar-refractivity contribution in [1.29, 1.82) is 0 Å². The quantitative estimate of drug-likeness (QED) is 0.592. The maximum Gasteiger partial charge on any atom is 0.188 e. The second kappa shape index (κ2) is 8.93. The van der Waals surface area contributed by atoms with Gasteiger partial charge in [-0.1, -0.05) is 13.8 Å². The Labute approximate surface area is 139 Å². The van der Waals surface area contributed by atoms with Gasteiger partial charge < -0.3 is 20.2 Å². The van der Waals surface area contributed by atoms with Gasteiger partial charge in [-0.3, -0.25) is 9.89 Å². The molecule has 1 atom stereocenters. The highest BCUT2D eigenvalue weighted by Crippen LogP contribution is 2.24. The van der Waals surface area contributed by atoms with Crippen LogP contribution in [0.15, 0.2) is 21.5 Å². The van der Waals surface area contributed by atoms with Crippen LogP contribution < -0.4 is 11.1 Å². The molecule has 0 radical (unpaired) electrons. The van der Waals surface area contributed by atoms with Crippen LogP contribution in [0.4, 0.5) is 0 Å². The van der Waals surface area contributed by atoms with E-state index >= 15 is 0 Å². The molecule has 2 rings (SSSR count). The first-order chi connectivity index (χ1) is 11.1. The number of morpholine rings is 1. The summed E-state index contributed by atoms with van der Waals surface area (Å²) in [6.07, 6.45) is 1.08. The number of hydrogen-bond donors (Lipinski definition) is 2. The van der Waals surface area contributed by atoms with Gasteiger partial charge >= 0.3 is 0 Å². The fraction of sp³-hybridized carbons (Fsp3) is 0.706. The second-order valence-electron chi connectivity index (χ2n) is 6.45. The van der Waals surface area contributed by atoms with Crippen LogP contribution in [0.3, 0.4) is 0 Å². The number of aliphatic imine (C=N–C) groups is 1. The Bertz CT molecular complexity index is 493. The summed E-state index contributed by atoms with van der Waals surface area (Å²) in [4.78, 5) is 6.88. The zero-order valence-electron chi connectivity index (χ0n) is 14.5. The number of furan rings is 1. The van der Waals surface area contributed by atoms with E-state index in [1.54, 1.807) is 0 Å². The molecule has 1 saturated heterocycles. The van der Waals surface area contributed by atoms with Crippen LogP contribution in [0, 0.1) is 12.8 Å². The number of aryl methyl sites for hydroxylation is 1. The van der Waals surface area contributed by atoms with Crippen molar-refractivity contribution < 1.29 is 9.15 Å². The first-order valence-corrected chi connectivity index (χ1v) is 8.48. The van der Waals surface area contributed by atoms with E-state index < -0.39 is 0 Å². The Hall–Kier alpha value is -1.53. The molecule has 23 heavy (non-hydrogen) atoms. The molecule has 1 aromatic heterocycles. The SMILES string of the molecule is Cc1ccc(C(CN=C(N)NCCC(C)C)N2CCOCC2)o1. The lowest BCUT2D eigenvalue weighted by atomic mass is 10.1. The van der Waals surface area contributed by atoms with E-state index in [2.05, 4.69) is 29.1 Å². The minimum absolute atomic E-state index is 0.109. The van der Waals surface area contributed by atoms with Gasteiger partial charge in [-0.05, 0) is 31.4 Å². The van der Waals surface area contributed by atoms with Gasteiger partial charge in [0, 0.05) is 19.6 Å². The predicted molar refractivity (Wildman–Crippen MR) is 92.5 cm³/mol. The number of hydrogen-bond acceptors (Lipinski definition) is 4. The molecule has 0 spiro atoms. The highest BCUT2D eigenvalue weighted by molar-refractivity contribution is 5.77. The third kappa shape index (κ3) is 5.88. The zero-order valence-corrected chi connectivity index (χ0v) is 14.5. The number of rotatable bonds is 7. The van der Waals surface area contributed by atoms with Gasteiger partial charge in [0.2, 0.25) is 0 Å². The highest BCUT2D eigenvalue weighted by atomic mass is 16.5. The summed E-state index contributed by atoms with van der Waals surface area (Å²) in [6, 6.07) is 4.14. The van der Waals surface area contributed by atoms with Crippen LogP contribution in [0.1, 0.15) is 37.8 Å². The maximum absolute atomic E-state index is 5.99. The molecular weight excluding hydrogens is 292 g/mol. The van der Waals surface area contributed by atoms with Gasteiger partial charge in [-0.15, -0.1) is 0 Å². The molecule has 0 aromatic carbocycles. The molecule has 0 aliphatic carbocycles. The van der Waals surface area contributed by atoms with Crippen molar-refractivity contribution in [3.63, 3.8) is 0 Å². The molecule has 2 heterocycles. The first kappa shape index (κ1) is 17.8. The molecule has 6 nitrogen and oxygen atoms in total. The van der Waals surface area contributed by atoms with Crippen LogP contribution in [-0.4, -0.2) is 50.3 Å². The van der Waals surface area contributed by atoms with Gasteiger partial charge in [-0.2, -0.15) is 0 Å².